The van der Waals surface area contributed by atoms with E-state index in [1.54, 1.807) is 28.7 Å². The second-order valence-corrected chi connectivity index (χ2v) is 3.50. The zero-order chi connectivity index (χ0) is 10.0. The molecule has 0 radical (unpaired) electrons. The molecule has 0 saturated carbocycles. The highest BCUT2D eigenvalue weighted by molar-refractivity contribution is 14.1. The van der Waals surface area contributed by atoms with E-state index in [0.29, 0.717) is 0 Å². The maximum absolute atomic E-state index is 12.4. The number of hydrogen-bond donors (Lipinski definition) is 0. The second kappa shape index (κ2) is 4.15. The molecular weight excluding hydrogens is 312 g/mol. The highest BCUT2D eigenvalue weighted by Crippen LogP contribution is 2.31. The Labute approximate surface area is 91.7 Å². The Hall–Kier alpha value is -0.480. The van der Waals surface area contributed by atoms with Gasteiger partial charge in [0.25, 0.3) is 6.43 Å². The fraction of sp³-hybridized carbons (Fsp3) is 0.143. The summed E-state index contributed by atoms with van der Waals surface area (Å²) in [5, 5.41) is 8.35. The van der Waals surface area contributed by atoms with Gasteiger partial charge in [-0.15, -0.1) is 0 Å². The van der Waals surface area contributed by atoms with Gasteiger partial charge in [0.05, 0.1) is 16.1 Å². The summed E-state index contributed by atoms with van der Waals surface area (Å²) >= 11 is 7.30. The molecule has 0 N–H and O–H groups in total. The van der Waals surface area contributed by atoms with Crippen LogP contribution in [0, 0.1) is 15.0 Å². The van der Waals surface area contributed by atoms with Crippen LogP contribution in [0.25, 0.3) is 0 Å². The number of halogens is 4. The summed E-state index contributed by atoms with van der Waals surface area (Å²) in [5.41, 5.74) is -0.621. The molecule has 0 unspecified atom stereocenters. The summed E-state index contributed by atoms with van der Waals surface area (Å²) < 4.78 is 25.0. The molecule has 0 aliphatic heterocycles. The fourth-order valence-corrected chi connectivity index (χ4v) is 1.44. The SMILES string of the molecule is N#Cc1cnc(I)c(Cl)c1C(F)F. The van der Waals surface area contributed by atoms with E-state index < -0.39 is 12.0 Å². The first kappa shape index (κ1) is 10.6. The van der Waals surface area contributed by atoms with Crippen LogP contribution in [0.15, 0.2) is 6.20 Å². The van der Waals surface area contributed by atoms with E-state index in [-0.39, 0.29) is 14.3 Å². The van der Waals surface area contributed by atoms with Crippen molar-refractivity contribution in [1.29, 1.82) is 5.26 Å². The third-order valence-electron chi connectivity index (χ3n) is 1.35. The lowest BCUT2D eigenvalue weighted by Crippen LogP contribution is -1.96. The Kier molecular flexibility index (Phi) is 3.39. The van der Waals surface area contributed by atoms with Crippen molar-refractivity contribution in [1.82, 2.24) is 4.98 Å². The van der Waals surface area contributed by atoms with Crippen LogP contribution >= 0.6 is 34.2 Å². The zero-order valence-corrected chi connectivity index (χ0v) is 8.97. The highest BCUT2D eigenvalue weighted by atomic mass is 127. The Balaban J connectivity index is 3.43. The highest BCUT2D eigenvalue weighted by Gasteiger charge is 2.19. The largest absolute Gasteiger partial charge is 0.266 e. The standard InChI is InChI=1S/C7H2ClF2IN2/c8-5-4(6(9)10)3(1-12)2-13-7(5)11/h2,6H. The first-order chi connectivity index (χ1) is 6.07. The van der Waals surface area contributed by atoms with Crippen LogP contribution < -0.4 is 0 Å². The Morgan fingerprint density at radius 1 is 1.62 bits per heavy atom. The van der Waals surface area contributed by atoms with Gasteiger partial charge < -0.3 is 0 Å². The molecule has 1 rings (SSSR count). The van der Waals surface area contributed by atoms with E-state index >= 15 is 0 Å². The smallest absolute Gasteiger partial charge is 0.247 e. The van der Waals surface area contributed by atoms with Crippen molar-refractivity contribution in [2.24, 2.45) is 0 Å². The lowest BCUT2D eigenvalue weighted by atomic mass is 10.1. The van der Waals surface area contributed by atoms with E-state index in [1.165, 1.54) is 0 Å². The molecule has 6 heteroatoms. The summed E-state index contributed by atoms with van der Waals surface area (Å²) in [7, 11) is 0. The summed E-state index contributed by atoms with van der Waals surface area (Å²) in [5.74, 6) is 0. The molecule has 1 aromatic heterocycles. The third kappa shape index (κ3) is 2.06. The minimum atomic E-state index is -2.75. The molecule has 0 saturated heterocycles. The first-order valence-corrected chi connectivity index (χ1v) is 4.55. The maximum Gasteiger partial charge on any atom is 0.266 e. The first-order valence-electron chi connectivity index (χ1n) is 3.10. The van der Waals surface area contributed by atoms with Gasteiger partial charge in [-0.2, -0.15) is 5.26 Å². The average Bonchev–Trinajstić information content (AvgIpc) is 2.08. The predicted molar refractivity (Wildman–Crippen MR) is 51.6 cm³/mol. The van der Waals surface area contributed by atoms with Crippen molar-refractivity contribution in [2.45, 2.75) is 6.43 Å². The third-order valence-corrected chi connectivity index (χ3v) is 2.87. The molecule has 2 nitrogen and oxygen atoms in total. The number of alkyl halides is 2. The minimum Gasteiger partial charge on any atom is -0.247 e. The molecule has 0 bridgehead atoms. The predicted octanol–water partition coefficient (Wildman–Crippen LogP) is 3.15. The van der Waals surface area contributed by atoms with Crippen molar-refractivity contribution in [2.75, 3.05) is 0 Å². The normalized spacial score (nSPS) is 10.2. The van der Waals surface area contributed by atoms with Crippen LogP contribution in [0.4, 0.5) is 8.78 Å². The minimum absolute atomic E-state index is 0.144. The van der Waals surface area contributed by atoms with Crippen LogP contribution in [0.1, 0.15) is 17.6 Å². The Bertz CT molecular complexity index is 375. The van der Waals surface area contributed by atoms with E-state index in [1.807, 2.05) is 0 Å². The summed E-state index contributed by atoms with van der Waals surface area (Å²) in [6, 6.07) is 1.61. The number of hydrogen-bond acceptors (Lipinski definition) is 2. The van der Waals surface area contributed by atoms with Crippen LogP contribution in [0.3, 0.4) is 0 Å². The van der Waals surface area contributed by atoms with Gasteiger partial charge in [-0.1, -0.05) is 11.6 Å². The molecule has 68 valence electrons. The van der Waals surface area contributed by atoms with Gasteiger partial charge in [0.15, 0.2) is 0 Å². The maximum atomic E-state index is 12.4. The van der Waals surface area contributed by atoms with Gasteiger partial charge in [-0.3, -0.25) is 0 Å². The number of aromatic nitrogens is 1. The molecule has 0 spiro atoms. The average molecular weight is 314 g/mol. The second-order valence-electron chi connectivity index (χ2n) is 2.10. The van der Waals surface area contributed by atoms with Crippen LogP contribution in [0.5, 0.6) is 0 Å². The number of nitrogens with zero attached hydrogens (tertiary/aromatic N) is 2. The van der Waals surface area contributed by atoms with Gasteiger partial charge in [-0.25, -0.2) is 13.8 Å². The summed E-state index contributed by atoms with van der Waals surface area (Å²) in [6.07, 6.45) is -1.66. The molecule has 1 aromatic rings. The van der Waals surface area contributed by atoms with Gasteiger partial charge in [-0.05, 0) is 22.6 Å². The molecule has 0 atom stereocenters. The van der Waals surface area contributed by atoms with Gasteiger partial charge in [0.2, 0.25) is 0 Å². The van der Waals surface area contributed by atoms with E-state index in [2.05, 4.69) is 4.98 Å². The van der Waals surface area contributed by atoms with E-state index in [4.69, 9.17) is 16.9 Å². The summed E-state index contributed by atoms with van der Waals surface area (Å²) in [6.45, 7) is 0. The topological polar surface area (TPSA) is 36.7 Å². The zero-order valence-electron chi connectivity index (χ0n) is 6.06. The van der Waals surface area contributed by atoms with Crippen molar-refractivity contribution in [3.8, 4) is 6.07 Å². The number of rotatable bonds is 1. The number of pyridine rings is 1. The summed E-state index contributed by atoms with van der Waals surface area (Å²) in [4.78, 5) is 3.69. The fourth-order valence-electron chi connectivity index (χ4n) is 0.779. The monoisotopic (exact) mass is 314 g/mol. The van der Waals surface area contributed by atoms with E-state index in [0.717, 1.165) is 6.20 Å². The molecule has 0 aromatic carbocycles. The van der Waals surface area contributed by atoms with E-state index in [9.17, 15) is 8.78 Å². The molecule has 0 fully saturated rings. The lowest BCUT2D eigenvalue weighted by molar-refractivity contribution is 0.151. The Morgan fingerprint density at radius 3 is 2.69 bits per heavy atom. The van der Waals surface area contributed by atoms with Crippen molar-refractivity contribution in [3.05, 3.63) is 26.0 Å². The molecule has 0 aliphatic rings. The lowest BCUT2D eigenvalue weighted by Gasteiger charge is -2.05. The van der Waals surface area contributed by atoms with Gasteiger partial charge >= 0.3 is 0 Å². The van der Waals surface area contributed by atoms with Gasteiger partial charge in [0, 0.05) is 6.20 Å². The van der Waals surface area contributed by atoms with Crippen LogP contribution in [-0.4, -0.2) is 4.98 Å². The Morgan fingerprint density at radius 2 is 2.23 bits per heavy atom. The van der Waals surface area contributed by atoms with Crippen molar-refractivity contribution in [3.63, 3.8) is 0 Å². The molecule has 0 amide bonds. The van der Waals surface area contributed by atoms with Gasteiger partial charge in [0.1, 0.15) is 9.77 Å². The van der Waals surface area contributed by atoms with Crippen LogP contribution in [-0.2, 0) is 0 Å². The number of nitriles is 1. The molecule has 13 heavy (non-hydrogen) atoms. The van der Waals surface area contributed by atoms with Crippen molar-refractivity contribution < 1.29 is 8.78 Å². The molecular formula is C7H2ClF2IN2. The van der Waals surface area contributed by atoms with Crippen molar-refractivity contribution >= 4 is 34.2 Å². The molecule has 1 heterocycles. The van der Waals surface area contributed by atoms with Crippen LogP contribution in [0.2, 0.25) is 5.02 Å². The quantitative estimate of drug-likeness (QED) is 0.590. The molecule has 0 aliphatic carbocycles.